The number of sulfonamides is 1. The summed E-state index contributed by atoms with van der Waals surface area (Å²) >= 11 is 0.384. The van der Waals surface area contributed by atoms with Gasteiger partial charge in [-0.2, -0.15) is 0 Å². The van der Waals surface area contributed by atoms with Crippen LogP contribution in [0.5, 0.6) is 0 Å². The fourth-order valence-electron chi connectivity index (χ4n) is 2.21. The van der Waals surface area contributed by atoms with Crippen LogP contribution in [-0.2, 0) is 10.0 Å². The number of rotatable bonds is 6. The maximum atomic E-state index is 13.5. The number of aryl methyl sites for hydroxylation is 1. The van der Waals surface area contributed by atoms with Crippen LogP contribution in [-0.4, -0.2) is 25.3 Å². The van der Waals surface area contributed by atoms with E-state index in [4.69, 9.17) is 23.3 Å². The minimum absolute atomic E-state index is 0.384. The van der Waals surface area contributed by atoms with Gasteiger partial charge in [0, 0.05) is 31.7 Å². The third kappa shape index (κ3) is 4.14. The molecule has 158 valence electrons. The first-order valence-electron chi connectivity index (χ1n) is 16.1. The Bertz CT molecular complexity index is 1850. The Morgan fingerprint density at radius 3 is 2.80 bits per heavy atom. The lowest BCUT2D eigenvalue weighted by Gasteiger charge is -2.14. The first-order valence-corrected chi connectivity index (χ1v) is 9.93. The number of benzene rings is 1. The van der Waals surface area contributed by atoms with Gasteiger partial charge in [0.2, 0.25) is 5.88 Å². The van der Waals surface area contributed by atoms with Crippen molar-refractivity contribution in [2.45, 2.75) is 39.2 Å². The number of carbonyl (C=O) groups is 2. The Kier molecular flexibility index (Phi) is 2.31. The zero-order valence-corrected chi connectivity index (χ0v) is 16.1. The average molecular weight is 465 g/mol. The number of thiophene rings is 1. The molecule has 2 N–H and O–H groups in total. The predicted octanol–water partition coefficient (Wildman–Crippen LogP) is 4.23. The second kappa shape index (κ2) is 8.04. The fourth-order valence-corrected chi connectivity index (χ4v) is 4.53. The van der Waals surface area contributed by atoms with Gasteiger partial charge in [-0.3, -0.25) is 9.59 Å². The molecule has 1 amide bonds. The Morgan fingerprint density at radius 1 is 1.23 bits per heavy atom. The SMILES string of the molecule is [2H]c1c(C(=O)C([2H])([2H])[2H])c(NC(=O)c2sccc2S(=O)(=O)Nc2onc(C([2H])([2H])[2H])c2C([2H])([2H])[2H])c(C([2H])([2H])[2H])c([2H])c1C([2H])([2H])[2H]. The topological polar surface area (TPSA) is 118 Å². The Labute approximate surface area is 202 Å². The summed E-state index contributed by atoms with van der Waals surface area (Å²) in [7, 11) is -5.07. The molecule has 0 saturated heterocycles. The second-order valence-corrected chi connectivity index (χ2v) is 8.05. The molecule has 0 atom stereocenters. The molecule has 8 nitrogen and oxygen atoms in total. The van der Waals surface area contributed by atoms with E-state index in [-0.39, 0.29) is 0 Å². The maximum Gasteiger partial charge on any atom is 0.267 e. The quantitative estimate of drug-likeness (QED) is 0.527. The molecule has 3 aromatic rings. The minimum atomic E-state index is -5.07. The van der Waals surface area contributed by atoms with Gasteiger partial charge in [0.25, 0.3) is 15.9 Å². The Morgan fingerprint density at radius 2 is 2.10 bits per heavy atom. The van der Waals surface area contributed by atoms with Crippen LogP contribution in [0.25, 0.3) is 0 Å². The normalized spacial score (nSPS) is 21.8. The van der Waals surface area contributed by atoms with Crippen LogP contribution in [0.4, 0.5) is 11.6 Å². The summed E-state index contributed by atoms with van der Waals surface area (Å²) in [6, 6.07) is -1.94. The van der Waals surface area contributed by atoms with Gasteiger partial charge in [-0.15, -0.1) is 11.3 Å². The van der Waals surface area contributed by atoms with Crippen molar-refractivity contribution < 1.29 is 45.8 Å². The highest BCUT2D eigenvalue weighted by Crippen LogP contribution is 2.29. The van der Waals surface area contributed by atoms with E-state index in [1.165, 1.54) is 0 Å². The molecule has 30 heavy (non-hydrogen) atoms. The van der Waals surface area contributed by atoms with Gasteiger partial charge in [0.15, 0.2) is 5.78 Å². The van der Waals surface area contributed by atoms with E-state index >= 15 is 0 Å². The molecular formula is C20H21N3O5S2. The number of nitrogens with zero attached hydrogens (tertiary/aromatic N) is 1. The van der Waals surface area contributed by atoms with Crippen molar-refractivity contribution in [3.63, 3.8) is 0 Å². The van der Waals surface area contributed by atoms with Crippen molar-refractivity contribution in [3.05, 3.63) is 56.4 Å². The van der Waals surface area contributed by atoms with Gasteiger partial charge >= 0.3 is 0 Å². The lowest BCUT2D eigenvalue weighted by molar-refractivity contribution is 0.101. The number of aromatic nitrogens is 1. The molecule has 0 unspecified atom stereocenters. The van der Waals surface area contributed by atoms with Gasteiger partial charge in [0.05, 0.1) is 14.1 Å². The van der Waals surface area contributed by atoms with Crippen LogP contribution >= 0.6 is 11.3 Å². The van der Waals surface area contributed by atoms with Crippen molar-refractivity contribution in [3.8, 4) is 0 Å². The maximum absolute atomic E-state index is 13.5. The monoisotopic (exact) mass is 464 g/mol. The third-order valence-corrected chi connectivity index (χ3v) is 5.93. The van der Waals surface area contributed by atoms with Crippen molar-refractivity contribution in [2.75, 3.05) is 10.0 Å². The average Bonchev–Trinajstić information content (AvgIpc) is 3.49. The van der Waals surface area contributed by atoms with Crippen LogP contribution < -0.4 is 10.0 Å². The van der Waals surface area contributed by atoms with Crippen molar-refractivity contribution in [2.24, 2.45) is 0 Å². The molecule has 0 saturated carbocycles. The van der Waals surface area contributed by atoms with E-state index in [9.17, 15) is 18.0 Å². The summed E-state index contributed by atoms with van der Waals surface area (Å²) in [6.45, 7) is -17.0. The number of carbonyl (C=O) groups excluding carboxylic acids is 2. The fraction of sp³-hybridized carbons (Fsp3) is 0.250. The molecular weight excluding hydrogens is 426 g/mol. The molecule has 10 heteroatoms. The highest BCUT2D eigenvalue weighted by molar-refractivity contribution is 7.93. The molecule has 1 aromatic carbocycles. The van der Waals surface area contributed by atoms with E-state index in [1.54, 1.807) is 4.72 Å². The minimum Gasteiger partial charge on any atom is -0.337 e. The Balaban J connectivity index is 2.25. The van der Waals surface area contributed by atoms with Gasteiger partial charge in [-0.25, -0.2) is 13.1 Å². The van der Waals surface area contributed by atoms with Crippen LogP contribution in [0, 0.1) is 27.4 Å². The molecule has 0 aliphatic heterocycles. The molecule has 0 spiro atoms. The highest BCUT2D eigenvalue weighted by atomic mass is 32.2. The number of hydrogen-bond donors (Lipinski definition) is 2. The summed E-state index contributed by atoms with van der Waals surface area (Å²) in [5, 5.41) is 6.03. The van der Waals surface area contributed by atoms with Gasteiger partial charge in [0.1, 0.15) is 9.77 Å². The van der Waals surface area contributed by atoms with Crippen molar-refractivity contribution in [1.82, 2.24) is 5.16 Å². The standard InChI is InChI=1S/C20H21N3O5S2/c1-10-8-11(2)17(15(9-10)14(5)24)21-19(25)18-16(6-7-29-18)30(26,27)23-20-12(3)13(4)22-28-20/h6-9,23H,1-5H3,(H,21,25)/i1D3,2D3,3D3,4D3,5D3,8D,9D. The van der Waals surface area contributed by atoms with Crippen LogP contribution in [0.15, 0.2) is 32.9 Å². The number of nitrogens with one attached hydrogen (secondary N) is 2. The summed E-state index contributed by atoms with van der Waals surface area (Å²) in [5.41, 5.74) is -7.48. The first-order chi connectivity index (χ1) is 20.9. The molecule has 0 bridgehead atoms. The van der Waals surface area contributed by atoms with E-state index in [0.717, 1.165) is 11.4 Å². The number of anilines is 2. The number of hydrogen-bond acceptors (Lipinski definition) is 7. The van der Waals surface area contributed by atoms with Gasteiger partial charge < -0.3 is 9.84 Å². The number of amides is 1. The molecule has 3 rings (SSSR count). The summed E-state index contributed by atoms with van der Waals surface area (Å²) in [6.07, 6.45) is 0. The highest BCUT2D eigenvalue weighted by Gasteiger charge is 2.27. The zero-order valence-electron chi connectivity index (χ0n) is 31.5. The van der Waals surface area contributed by atoms with Crippen LogP contribution in [0.2, 0.25) is 0 Å². The van der Waals surface area contributed by atoms with E-state index < -0.39 is 117 Å². The zero-order chi connectivity index (χ0) is 36.5. The molecule has 2 aromatic heterocycles. The van der Waals surface area contributed by atoms with Crippen LogP contribution in [0.3, 0.4) is 0 Å². The third-order valence-electron chi connectivity index (χ3n) is 3.51. The smallest absolute Gasteiger partial charge is 0.267 e. The van der Waals surface area contributed by atoms with Gasteiger partial charge in [-0.1, -0.05) is 11.2 Å². The molecule has 0 aliphatic carbocycles. The molecule has 0 radical (unpaired) electrons. The summed E-state index contributed by atoms with van der Waals surface area (Å²) in [5.74, 6) is -4.66. The predicted molar refractivity (Wildman–Crippen MR) is 115 cm³/mol. The Hall–Kier alpha value is -2.98. The van der Waals surface area contributed by atoms with Crippen molar-refractivity contribution in [1.29, 1.82) is 0 Å². The number of ketones is 1. The van der Waals surface area contributed by atoms with Crippen molar-refractivity contribution >= 4 is 44.6 Å². The van der Waals surface area contributed by atoms with Gasteiger partial charge in [-0.05, 0) is 62.9 Å². The molecule has 0 aliphatic rings. The second-order valence-electron chi connectivity index (χ2n) is 5.49. The van der Waals surface area contributed by atoms with E-state index in [1.807, 2.05) is 5.32 Å². The summed E-state index contributed by atoms with van der Waals surface area (Å²) in [4.78, 5) is 24.7. The molecule has 2 heterocycles. The number of Topliss-reactive ketones (excluding diaryl/α,β-unsaturated/α-hetero) is 1. The first kappa shape index (κ1) is 8.64. The lowest BCUT2D eigenvalue weighted by Crippen LogP contribution is -2.20. The lowest BCUT2D eigenvalue weighted by atomic mass is 10.0. The van der Waals surface area contributed by atoms with E-state index in [0.29, 0.717) is 11.3 Å². The largest absolute Gasteiger partial charge is 0.337 e. The molecule has 0 fully saturated rings. The van der Waals surface area contributed by atoms with Crippen LogP contribution in [0.1, 0.15) is 72.6 Å². The van der Waals surface area contributed by atoms with E-state index in [2.05, 4.69) is 9.68 Å². The summed E-state index contributed by atoms with van der Waals surface area (Å²) < 4.78 is 164.